The molecule has 0 aliphatic carbocycles. The van der Waals surface area contributed by atoms with Gasteiger partial charge in [-0.2, -0.15) is 18.6 Å². The highest BCUT2D eigenvalue weighted by atomic mass is 32.3. The van der Waals surface area contributed by atoms with Gasteiger partial charge in [-0.25, -0.2) is 4.79 Å². The first kappa shape index (κ1) is 13.2. The Morgan fingerprint density at radius 3 is 2.47 bits per heavy atom. The van der Waals surface area contributed by atoms with Gasteiger partial charge in [0.2, 0.25) is 0 Å². The van der Waals surface area contributed by atoms with Crippen molar-refractivity contribution in [2.45, 2.75) is 0 Å². The minimum Gasteiger partial charge on any atom is -0.493 e. The van der Waals surface area contributed by atoms with Crippen LogP contribution in [0.15, 0.2) is 18.2 Å². The van der Waals surface area contributed by atoms with E-state index in [-0.39, 0.29) is 17.1 Å². The van der Waals surface area contributed by atoms with Crippen LogP contribution in [0.4, 0.5) is 0 Å². The number of benzene rings is 1. The molecule has 0 saturated heterocycles. The van der Waals surface area contributed by atoms with E-state index in [2.05, 4.69) is 14.4 Å². The second-order valence-corrected chi connectivity index (χ2v) is 3.93. The number of ether oxygens (including phenoxy) is 1. The van der Waals surface area contributed by atoms with Crippen LogP contribution in [0.2, 0.25) is 0 Å². The van der Waals surface area contributed by atoms with Crippen LogP contribution < -0.4 is 14.8 Å². The summed E-state index contributed by atoms with van der Waals surface area (Å²) in [6, 6.07) is 3.36. The Kier molecular flexibility index (Phi) is 3.89. The van der Waals surface area contributed by atoms with Crippen LogP contribution in [0, 0.1) is 0 Å². The second kappa shape index (κ2) is 4.99. The Morgan fingerprint density at radius 1 is 1.35 bits per heavy atom. The molecule has 0 fully saturated rings. The van der Waals surface area contributed by atoms with Gasteiger partial charge in [0.25, 0.3) is 0 Å². The van der Waals surface area contributed by atoms with Crippen LogP contribution >= 0.6 is 0 Å². The predicted octanol–water partition coefficient (Wildman–Crippen LogP) is -0.0927. The van der Waals surface area contributed by atoms with E-state index in [0.717, 1.165) is 18.2 Å². The van der Waals surface area contributed by atoms with Crippen molar-refractivity contribution in [3.05, 3.63) is 23.8 Å². The zero-order valence-corrected chi connectivity index (χ0v) is 9.43. The van der Waals surface area contributed by atoms with Crippen LogP contribution in [0.3, 0.4) is 0 Å². The normalized spacial score (nSPS) is 10.9. The highest BCUT2D eigenvalue weighted by Crippen LogP contribution is 2.29. The quantitative estimate of drug-likeness (QED) is 0.706. The van der Waals surface area contributed by atoms with E-state index in [1.807, 2.05) is 0 Å². The summed E-state index contributed by atoms with van der Waals surface area (Å²) in [5.41, 5.74) is -0.0831. The summed E-state index contributed by atoms with van der Waals surface area (Å²) in [4.78, 5) is 10.7. The minimum absolute atomic E-state index is 0.0782. The van der Waals surface area contributed by atoms with E-state index in [4.69, 9.17) is 9.84 Å². The molecule has 9 heteroatoms. The number of nitrogens with two attached hydrogens (primary N) is 1. The van der Waals surface area contributed by atoms with Crippen molar-refractivity contribution >= 4 is 16.4 Å². The van der Waals surface area contributed by atoms with E-state index < -0.39 is 16.4 Å². The molecular formula is C8H9NO7S. The second-order valence-electron chi connectivity index (χ2n) is 2.76. The first-order chi connectivity index (χ1) is 7.89. The molecule has 0 aliphatic rings. The third-order valence-electron chi connectivity index (χ3n) is 1.72. The van der Waals surface area contributed by atoms with Crippen molar-refractivity contribution in [2.24, 2.45) is 5.90 Å². The van der Waals surface area contributed by atoms with Crippen molar-refractivity contribution < 1.29 is 31.5 Å². The average Bonchev–Trinajstić information content (AvgIpc) is 2.29. The summed E-state index contributed by atoms with van der Waals surface area (Å²) in [5.74, 6) is 2.98. The standard InChI is InChI=1S/C8H9NO7S/c1-14-7-4-5(8(10)11)2-3-6(7)15-17(12,13)16-9/h2-4H,9H2,1H3,(H,10,11). The fourth-order valence-corrected chi connectivity index (χ4v) is 1.40. The monoisotopic (exact) mass is 263 g/mol. The molecule has 0 saturated carbocycles. The van der Waals surface area contributed by atoms with Crippen LogP contribution in [-0.4, -0.2) is 26.6 Å². The van der Waals surface area contributed by atoms with E-state index in [0.29, 0.717) is 0 Å². The van der Waals surface area contributed by atoms with Gasteiger partial charge in [-0.3, -0.25) is 0 Å². The number of hydrogen-bond donors (Lipinski definition) is 2. The van der Waals surface area contributed by atoms with Crippen LogP contribution in [0.25, 0.3) is 0 Å². The lowest BCUT2D eigenvalue weighted by Crippen LogP contribution is -2.17. The Morgan fingerprint density at radius 2 is 2.00 bits per heavy atom. The van der Waals surface area contributed by atoms with Gasteiger partial charge in [0, 0.05) is 0 Å². The number of carboxylic acid groups (broad SMARTS) is 1. The lowest BCUT2D eigenvalue weighted by Gasteiger charge is -2.09. The Labute approximate surface area is 96.8 Å². The van der Waals surface area contributed by atoms with Gasteiger partial charge in [0.05, 0.1) is 12.7 Å². The zero-order valence-electron chi connectivity index (χ0n) is 8.61. The molecule has 1 aromatic rings. The van der Waals surface area contributed by atoms with Crippen LogP contribution in [0.1, 0.15) is 10.4 Å². The summed E-state index contributed by atoms with van der Waals surface area (Å²) in [5, 5.41) is 8.72. The molecule has 0 aliphatic heterocycles. The molecule has 0 spiro atoms. The molecule has 0 bridgehead atoms. The third kappa shape index (κ3) is 3.31. The number of aromatic carboxylic acids is 1. The summed E-state index contributed by atoms with van der Waals surface area (Å²) in [6.45, 7) is 0. The van der Waals surface area contributed by atoms with E-state index in [1.54, 1.807) is 0 Å². The van der Waals surface area contributed by atoms with Gasteiger partial charge in [-0.15, -0.1) is 0 Å². The molecule has 1 rings (SSSR count). The topological polar surface area (TPSA) is 125 Å². The van der Waals surface area contributed by atoms with E-state index >= 15 is 0 Å². The Balaban J connectivity index is 3.14. The summed E-state index contributed by atoms with van der Waals surface area (Å²) in [7, 11) is -3.16. The van der Waals surface area contributed by atoms with Gasteiger partial charge in [-0.1, -0.05) is 0 Å². The largest absolute Gasteiger partial charge is 0.493 e. The molecule has 0 unspecified atom stereocenters. The molecule has 0 radical (unpaired) electrons. The molecule has 0 amide bonds. The first-order valence-corrected chi connectivity index (χ1v) is 5.47. The maximum atomic E-state index is 10.9. The van der Waals surface area contributed by atoms with Crippen molar-refractivity contribution in [3.63, 3.8) is 0 Å². The maximum absolute atomic E-state index is 10.9. The number of carbonyl (C=O) groups is 1. The highest BCUT2D eigenvalue weighted by molar-refractivity contribution is 7.82. The van der Waals surface area contributed by atoms with Gasteiger partial charge < -0.3 is 14.0 Å². The fraction of sp³-hybridized carbons (Fsp3) is 0.125. The Hall–Kier alpha value is -1.84. The number of hydrogen-bond acceptors (Lipinski definition) is 7. The number of carboxylic acids is 1. The van der Waals surface area contributed by atoms with Crippen molar-refractivity contribution in [1.82, 2.24) is 0 Å². The predicted molar refractivity (Wildman–Crippen MR) is 54.8 cm³/mol. The van der Waals surface area contributed by atoms with Crippen molar-refractivity contribution in [1.29, 1.82) is 0 Å². The van der Waals surface area contributed by atoms with E-state index in [9.17, 15) is 13.2 Å². The zero-order chi connectivity index (χ0) is 13.1. The lowest BCUT2D eigenvalue weighted by atomic mass is 10.2. The molecule has 17 heavy (non-hydrogen) atoms. The lowest BCUT2D eigenvalue weighted by molar-refractivity contribution is 0.0696. The minimum atomic E-state index is -4.39. The third-order valence-corrected chi connectivity index (χ3v) is 2.34. The van der Waals surface area contributed by atoms with Crippen LogP contribution in [0.5, 0.6) is 11.5 Å². The molecule has 0 aromatic heterocycles. The van der Waals surface area contributed by atoms with Gasteiger partial charge in [0.1, 0.15) is 0 Å². The van der Waals surface area contributed by atoms with Gasteiger partial charge in [0.15, 0.2) is 11.5 Å². The molecule has 0 atom stereocenters. The van der Waals surface area contributed by atoms with Gasteiger partial charge in [-0.05, 0) is 18.2 Å². The molecule has 0 heterocycles. The number of methoxy groups -OCH3 is 1. The highest BCUT2D eigenvalue weighted by Gasteiger charge is 2.17. The average molecular weight is 263 g/mol. The molecule has 94 valence electrons. The Bertz CT molecular complexity index is 525. The maximum Gasteiger partial charge on any atom is 0.465 e. The molecular weight excluding hydrogens is 254 g/mol. The molecule has 8 nitrogen and oxygen atoms in total. The van der Waals surface area contributed by atoms with Crippen molar-refractivity contribution in [3.8, 4) is 11.5 Å². The molecule has 3 N–H and O–H groups in total. The van der Waals surface area contributed by atoms with Crippen molar-refractivity contribution in [2.75, 3.05) is 7.11 Å². The SMILES string of the molecule is COc1cc(C(=O)O)ccc1OS(=O)(=O)ON. The summed E-state index contributed by atoms with van der Waals surface area (Å²) in [6.07, 6.45) is 0. The van der Waals surface area contributed by atoms with Gasteiger partial charge >= 0.3 is 16.4 Å². The smallest absolute Gasteiger partial charge is 0.465 e. The molecule has 1 aromatic carbocycles. The number of rotatable bonds is 5. The fourth-order valence-electron chi connectivity index (χ4n) is 0.999. The summed E-state index contributed by atoms with van der Waals surface area (Å²) >= 11 is 0. The summed E-state index contributed by atoms with van der Waals surface area (Å²) < 4.78 is 34.6. The van der Waals surface area contributed by atoms with Crippen LogP contribution in [-0.2, 0) is 14.7 Å². The van der Waals surface area contributed by atoms with E-state index in [1.165, 1.54) is 7.11 Å². The first-order valence-electron chi connectivity index (χ1n) is 4.13.